The molecule has 1 atom stereocenters. The van der Waals surface area contributed by atoms with E-state index in [0.29, 0.717) is 0 Å². The second kappa shape index (κ2) is 6.64. The first-order valence-electron chi connectivity index (χ1n) is 5.70. The van der Waals surface area contributed by atoms with Gasteiger partial charge in [-0.05, 0) is 58.9 Å². The minimum absolute atomic E-state index is 0.113. The molecule has 0 fully saturated rings. The van der Waals surface area contributed by atoms with E-state index in [1.54, 1.807) is 7.05 Å². The predicted octanol–water partition coefficient (Wildman–Crippen LogP) is 5.56. The van der Waals surface area contributed by atoms with E-state index in [-0.39, 0.29) is 10.0 Å². The maximum atomic E-state index is 14.1. The molecule has 6 heteroatoms. The fraction of sp³-hybridized carbons (Fsp3) is 0.143. The molecule has 1 nitrogen and oxygen atoms in total. The van der Waals surface area contributed by atoms with E-state index >= 15 is 0 Å². The Morgan fingerprint density at radius 2 is 1.60 bits per heavy atom. The number of halogens is 5. The first-order chi connectivity index (χ1) is 9.43. The van der Waals surface area contributed by atoms with Gasteiger partial charge in [0.15, 0.2) is 0 Å². The van der Waals surface area contributed by atoms with E-state index in [2.05, 4.69) is 53.1 Å². The van der Waals surface area contributed by atoms with E-state index in [1.807, 2.05) is 18.2 Å². The van der Waals surface area contributed by atoms with Crippen LogP contribution in [-0.4, -0.2) is 7.05 Å². The molecule has 0 heterocycles. The van der Waals surface area contributed by atoms with Gasteiger partial charge in [0, 0.05) is 14.5 Å². The Balaban J connectivity index is 2.58. The first-order valence-corrected chi connectivity index (χ1v) is 8.08. The quantitative estimate of drug-likeness (QED) is 0.580. The third-order valence-electron chi connectivity index (χ3n) is 2.91. The molecule has 0 aliphatic heterocycles. The molecule has 1 N–H and O–H groups in total. The zero-order valence-corrected chi connectivity index (χ0v) is 15.1. The fourth-order valence-electron chi connectivity index (χ4n) is 1.97. The topological polar surface area (TPSA) is 12.0 Å². The van der Waals surface area contributed by atoms with Crippen molar-refractivity contribution in [2.24, 2.45) is 0 Å². The highest BCUT2D eigenvalue weighted by atomic mass is 79.9. The molecule has 0 radical (unpaired) electrons. The van der Waals surface area contributed by atoms with E-state index in [4.69, 9.17) is 0 Å². The molecular weight excluding hydrogens is 460 g/mol. The average Bonchev–Trinajstić information content (AvgIpc) is 2.40. The lowest BCUT2D eigenvalue weighted by Gasteiger charge is -2.20. The van der Waals surface area contributed by atoms with Crippen molar-refractivity contribution in [2.45, 2.75) is 6.04 Å². The van der Waals surface area contributed by atoms with Crippen molar-refractivity contribution in [3.8, 4) is 0 Å². The third kappa shape index (κ3) is 3.30. The van der Waals surface area contributed by atoms with Crippen molar-refractivity contribution >= 4 is 47.8 Å². The maximum Gasteiger partial charge on any atom is 0.137 e. The molecule has 0 aromatic heterocycles. The van der Waals surface area contributed by atoms with Crippen molar-refractivity contribution in [3.63, 3.8) is 0 Å². The normalized spacial score (nSPS) is 12.5. The molecule has 0 bridgehead atoms. The van der Waals surface area contributed by atoms with Crippen LogP contribution in [0.5, 0.6) is 0 Å². The standard InChI is InChI=1S/C14H10Br3F2N/c1-20-14(8-4-7(15)2-3-10(8)16)9-5-13(19)11(17)6-12(9)18/h2-6,14,20H,1H3. The maximum absolute atomic E-state index is 14.1. The minimum Gasteiger partial charge on any atom is -0.309 e. The number of rotatable bonds is 3. The molecule has 0 amide bonds. The van der Waals surface area contributed by atoms with Crippen LogP contribution in [0.1, 0.15) is 17.2 Å². The largest absolute Gasteiger partial charge is 0.309 e. The number of hydrogen-bond donors (Lipinski definition) is 1. The molecule has 2 aromatic rings. The second-order valence-corrected chi connectivity index (χ2v) is 6.80. The van der Waals surface area contributed by atoms with E-state index < -0.39 is 17.7 Å². The number of nitrogens with one attached hydrogen (secondary N) is 1. The lowest BCUT2D eigenvalue weighted by molar-refractivity contribution is 0.554. The van der Waals surface area contributed by atoms with Gasteiger partial charge >= 0.3 is 0 Å². The molecule has 2 aromatic carbocycles. The summed E-state index contributed by atoms with van der Waals surface area (Å²) in [7, 11) is 1.71. The summed E-state index contributed by atoms with van der Waals surface area (Å²) < 4.78 is 29.6. The molecule has 0 saturated carbocycles. The average molecular weight is 470 g/mol. The van der Waals surface area contributed by atoms with Gasteiger partial charge in [0.25, 0.3) is 0 Å². The fourth-order valence-corrected chi connectivity index (χ4v) is 3.14. The van der Waals surface area contributed by atoms with Gasteiger partial charge in [-0.25, -0.2) is 8.78 Å². The molecule has 20 heavy (non-hydrogen) atoms. The Kier molecular flexibility index (Phi) is 5.34. The molecular formula is C14H10Br3F2N. The van der Waals surface area contributed by atoms with Crippen LogP contribution in [0, 0.1) is 11.6 Å². The van der Waals surface area contributed by atoms with Crippen LogP contribution in [0.2, 0.25) is 0 Å². The summed E-state index contributed by atoms with van der Waals surface area (Å²) in [5, 5.41) is 3.02. The lowest BCUT2D eigenvalue weighted by atomic mass is 9.98. The first kappa shape index (κ1) is 16.1. The second-order valence-electron chi connectivity index (χ2n) is 4.18. The van der Waals surface area contributed by atoms with Crippen LogP contribution >= 0.6 is 47.8 Å². The van der Waals surface area contributed by atoms with Crippen LogP contribution in [-0.2, 0) is 0 Å². The number of benzene rings is 2. The zero-order valence-electron chi connectivity index (χ0n) is 10.4. The Morgan fingerprint density at radius 1 is 0.900 bits per heavy atom. The van der Waals surface area contributed by atoms with E-state index in [1.165, 1.54) is 6.07 Å². The van der Waals surface area contributed by atoms with Gasteiger partial charge in [0.1, 0.15) is 11.6 Å². The van der Waals surface area contributed by atoms with Gasteiger partial charge in [0.05, 0.1) is 10.5 Å². The van der Waals surface area contributed by atoms with Gasteiger partial charge in [-0.3, -0.25) is 0 Å². The summed E-state index contributed by atoms with van der Waals surface area (Å²) in [6.07, 6.45) is 0. The molecule has 0 saturated heterocycles. The highest BCUT2D eigenvalue weighted by Crippen LogP contribution is 2.33. The Morgan fingerprint density at radius 3 is 2.25 bits per heavy atom. The van der Waals surface area contributed by atoms with Crippen molar-refractivity contribution < 1.29 is 8.78 Å². The Labute approximate surface area is 141 Å². The van der Waals surface area contributed by atoms with Crippen LogP contribution in [0.25, 0.3) is 0 Å². The highest BCUT2D eigenvalue weighted by molar-refractivity contribution is 9.11. The summed E-state index contributed by atoms with van der Waals surface area (Å²) in [4.78, 5) is 0. The van der Waals surface area contributed by atoms with Gasteiger partial charge in [-0.15, -0.1) is 0 Å². The molecule has 106 valence electrons. The van der Waals surface area contributed by atoms with Gasteiger partial charge < -0.3 is 5.32 Å². The minimum atomic E-state index is -0.493. The van der Waals surface area contributed by atoms with Gasteiger partial charge in [0.2, 0.25) is 0 Å². The Bertz CT molecular complexity index is 647. The molecule has 0 aliphatic carbocycles. The van der Waals surface area contributed by atoms with Crippen molar-refractivity contribution in [1.29, 1.82) is 0 Å². The smallest absolute Gasteiger partial charge is 0.137 e. The summed E-state index contributed by atoms with van der Waals surface area (Å²) in [6.45, 7) is 0. The van der Waals surface area contributed by atoms with Crippen molar-refractivity contribution in [1.82, 2.24) is 5.32 Å². The SMILES string of the molecule is CNC(c1cc(F)c(Br)cc1F)c1cc(Br)ccc1Br. The summed E-state index contributed by atoms with van der Waals surface area (Å²) in [5.74, 6) is -0.961. The predicted molar refractivity (Wildman–Crippen MR) is 86.8 cm³/mol. The highest BCUT2D eigenvalue weighted by Gasteiger charge is 2.20. The molecule has 1 unspecified atom stereocenters. The Hall–Kier alpha value is -0.300. The summed E-state index contributed by atoms with van der Waals surface area (Å²) in [6, 6.07) is 7.49. The van der Waals surface area contributed by atoms with Gasteiger partial charge in [-0.2, -0.15) is 0 Å². The van der Waals surface area contributed by atoms with Gasteiger partial charge in [-0.1, -0.05) is 31.9 Å². The number of hydrogen-bond acceptors (Lipinski definition) is 1. The van der Waals surface area contributed by atoms with Crippen molar-refractivity contribution in [2.75, 3.05) is 7.05 Å². The van der Waals surface area contributed by atoms with Crippen LogP contribution < -0.4 is 5.32 Å². The van der Waals surface area contributed by atoms with E-state index in [0.717, 1.165) is 20.6 Å². The summed E-state index contributed by atoms with van der Waals surface area (Å²) in [5.41, 5.74) is 1.08. The lowest BCUT2D eigenvalue weighted by Crippen LogP contribution is -2.20. The van der Waals surface area contributed by atoms with Crippen molar-refractivity contribution in [3.05, 3.63) is 66.5 Å². The van der Waals surface area contributed by atoms with Crippen LogP contribution in [0.4, 0.5) is 8.78 Å². The molecule has 0 aliphatic rings. The monoisotopic (exact) mass is 467 g/mol. The van der Waals surface area contributed by atoms with Crippen LogP contribution in [0.3, 0.4) is 0 Å². The summed E-state index contributed by atoms with van der Waals surface area (Å²) >= 11 is 9.81. The van der Waals surface area contributed by atoms with Crippen LogP contribution in [0.15, 0.2) is 43.7 Å². The zero-order chi connectivity index (χ0) is 14.9. The molecule has 2 rings (SSSR count). The molecule has 0 spiro atoms. The van der Waals surface area contributed by atoms with E-state index in [9.17, 15) is 8.78 Å². The third-order valence-corrected chi connectivity index (χ3v) is 4.73.